The van der Waals surface area contributed by atoms with E-state index in [0.29, 0.717) is 6.04 Å². The highest BCUT2D eigenvalue weighted by molar-refractivity contribution is 8.02. The lowest BCUT2D eigenvalue weighted by atomic mass is 10.1. The van der Waals surface area contributed by atoms with Crippen LogP contribution in [0.2, 0.25) is 0 Å². The summed E-state index contributed by atoms with van der Waals surface area (Å²) < 4.78 is 0. The highest BCUT2D eigenvalue weighted by atomic mass is 32.2. The molecule has 8 heavy (non-hydrogen) atoms. The molecule has 0 fully saturated rings. The van der Waals surface area contributed by atoms with Crippen LogP contribution < -0.4 is 5.73 Å². The third kappa shape index (κ3) is 1.26. The summed E-state index contributed by atoms with van der Waals surface area (Å²) in [5.41, 5.74) is 7.03. The highest BCUT2D eigenvalue weighted by Crippen LogP contribution is 2.18. The molecule has 1 heterocycles. The maximum absolute atomic E-state index is 5.70. The summed E-state index contributed by atoms with van der Waals surface area (Å²) in [5, 5.41) is 2.16. The van der Waals surface area contributed by atoms with Crippen molar-refractivity contribution in [3.05, 3.63) is 11.0 Å². The van der Waals surface area contributed by atoms with Crippen LogP contribution >= 0.6 is 11.8 Å². The van der Waals surface area contributed by atoms with E-state index in [0.717, 1.165) is 6.42 Å². The van der Waals surface area contributed by atoms with E-state index in [9.17, 15) is 0 Å². The zero-order valence-electron chi connectivity index (χ0n) is 5.05. The van der Waals surface area contributed by atoms with Crippen LogP contribution in [0.15, 0.2) is 11.0 Å². The van der Waals surface area contributed by atoms with E-state index < -0.39 is 0 Å². The van der Waals surface area contributed by atoms with Crippen LogP contribution in [-0.2, 0) is 0 Å². The quantitative estimate of drug-likeness (QED) is 0.534. The van der Waals surface area contributed by atoms with Crippen LogP contribution in [-0.4, -0.2) is 11.8 Å². The summed E-state index contributed by atoms with van der Waals surface area (Å²) in [6.07, 6.45) is 1.15. The zero-order chi connectivity index (χ0) is 5.98. The molecule has 0 bridgehead atoms. The highest BCUT2D eigenvalue weighted by Gasteiger charge is 2.07. The topological polar surface area (TPSA) is 26.0 Å². The van der Waals surface area contributed by atoms with Crippen LogP contribution in [0.25, 0.3) is 0 Å². The molecule has 0 aromatic rings. The van der Waals surface area contributed by atoms with Gasteiger partial charge in [0.15, 0.2) is 0 Å². The summed E-state index contributed by atoms with van der Waals surface area (Å²) in [7, 11) is 0. The van der Waals surface area contributed by atoms with Gasteiger partial charge in [0.2, 0.25) is 0 Å². The number of rotatable bonds is 0. The largest absolute Gasteiger partial charge is 0.324 e. The van der Waals surface area contributed by atoms with Gasteiger partial charge in [0.25, 0.3) is 0 Å². The summed E-state index contributed by atoms with van der Waals surface area (Å²) in [5.74, 6) is 1.19. The number of thioether (sulfide) groups is 1. The first-order valence-corrected chi connectivity index (χ1v) is 3.89. The second-order valence-electron chi connectivity index (χ2n) is 2.13. The molecule has 1 rings (SSSR count). The van der Waals surface area contributed by atoms with Crippen LogP contribution in [0.4, 0.5) is 0 Å². The second kappa shape index (κ2) is 2.55. The van der Waals surface area contributed by atoms with E-state index in [1.54, 1.807) is 0 Å². The Kier molecular flexibility index (Phi) is 1.97. The molecule has 1 aliphatic rings. The lowest BCUT2D eigenvalue weighted by molar-refractivity contribution is 0.742. The first-order valence-electron chi connectivity index (χ1n) is 2.84. The van der Waals surface area contributed by atoms with Crippen molar-refractivity contribution in [2.45, 2.75) is 19.4 Å². The van der Waals surface area contributed by atoms with Gasteiger partial charge >= 0.3 is 0 Å². The zero-order valence-corrected chi connectivity index (χ0v) is 5.87. The van der Waals surface area contributed by atoms with Crippen molar-refractivity contribution in [3.8, 4) is 0 Å². The minimum atomic E-state index is 0.344. The van der Waals surface area contributed by atoms with E-state index in [1.165, 1.54) is 11.3 Å². The summed E-state index contributed by atoms with van der Waals surface area (Å²) in [6, 6.07) is 0.344. The van der Waals surface area contributed by atoms with Gasteiger partial charge in [0.1, 0.15) is 0 Å². The van der Waals surface area contributed by atoms with Crippen molar-refractivity contribution in [1.82, 2.24) is 0 Å². The molecule has 46 valence electrons. The average Bonchev–Trinajstić information content (AvgIpc) is 1.77. The van der Waals surface area contributed by atoms with Crippen molar-refractivity contribution in [3.63, 3.8) is 0 Å². The maximum atomic E-state index is 5.70. The fourth-order valence-corrected chi connectivity index (χ4v) is 1.65. The monoisotopic (exact) mass is 129 g/mol. The fourth-order valence-electron chi connectivity index (χ4n) is 0.700. The molecule has 1 aliphatic heterocycles. The van der Waals surface area contributed by atoms with E-state index in [1.807, 2.05) is 11.8 Å². The first-order chi connectivity index (χ1) is 3.80. The first kappa shape index (κ1) is 6.17. The summed E-state index contributed by atoms with van der Waals surface area (Å²) in [6.45, 7) is 2.09. The van der Waals surface area contributed by atoms with Gasteiger partial charge in [-0.05, 0) is 24.5 Å². The van der Waals surface area contributed by atoms with Gasteiger partial charge in [-0.2, -0.15) is 0 Å². The Labute approximate surface area is 54.3 Å². The molecule has 2 N–H and O–H groups in total. The predicted molar refractivity (Wildman–Crippen MR) is 38.8 cm³/mol. The number of hydrogen-bond donors (Lipinski definition) is 1. The Hall–Kier alpha value is 0.0500. The molecular weight excluding hydrogens is 118 g/mol. The van der Waals surface area contributed by atoms with Crippen LogP contribution in [0.5, 0.6) is 0 Å². The number of hydrogen-bond acceptors (Lipinski definition) is 2. The molecule has 0 spiro atoms. The molecule has 0 aliphatic carbocycles. The molecule has 1 atom stereocenters. The SMILES string of the molecule is CC1=CSCCC1N. The van der Waals surface area contributed by atoms with Crippen LogP contribution in [0, 0.1) is 0 Å². The van der Waals surface area contributed by atoms with Gasteiger partial charge in [-0.25, -0.2) is 0 Å². The van der Waals surface area contributed by atoms with Crippen molar-refractivity contribution in [1.29, 1.82) is 0 Å². The predicted octanol–water partition coefficient (Wildman–Crippen LogP) is 1.35. The molecule has 0 radical (unpaired) electrons. The van der Waals surface area contributed by atoms with Gasteiger partial charge in [-0.3, -0.25) is 0 Å². The third-order valence-corrected chi connectivity index (χ3v) is 2.41. The van der Waals surface area contributed by atoms with Gasteiger partial charge < -0.3 is 5.73 Å². The van der Waals surface area contributed by atoms with Gasteiger partial charge in [-0.15, -0.1) is 11.8 Å². The van der Waals surface area contributed by atoms with E-state index in [2.05, 4.69) is 12.3 Å². The minimum Gasteiger partial charge on any atom is -0.324 e. The Balaban J connectivity index is 2.53. The van der Waals surface area contributed by atoms with Crippen molar-refractivity contribution in [2.24, 2.45) is 5.73 Å². The molecule has 0 saturated carbocycles. The summed E-state index contributed by atoms with van der Waals surface area (Å²) >= 11 is 1.86. The Bertz CT molecular complexity index is 109. The summed E-state index contributed by atoms with van der Waals surface area (Å²) in [4.78, 5) is 0. The number of nitrogens with two attached hydrogens (primary N) is 1. The van der Waals surface area contributed by atoms with Crippen molar-refractivity contribution < 1.29 is 0 Å². The van der Waals surface area contributed by atoms with Crippen molar-refractivity contribution in [2.75, 3.05) is 5.75 Å². The third-order valence-electron chi connectivity index (χ3n) is 1.40. The second-order valence-corrected chi connectivity index (χ2v) is 3.11. The van der Waals surface area contributed by atoms with Crippen LogP contribution in [0.3, 0.4) is 0 Å². The normalized spacial score (nSPS) is 29.8. The molecule has 0 amide bonds. The van der Waals surface area contributed by atoms with E-state index in [-0.39, 0.29) is 0 Å². The average molecular weight is 129 g/mol. The fraction of sp³-hybridized carbons (Fsp3) is 0.667. The van der Waals surface area contributed by atoms with Gasteiger partial charge in [0, 0.05) is 6.04 Å². The van der Waals surface area contributed by atoms with Gasteiger partial charge in [-0.1, -0.05) is 5.57 Å². The van der Waals surface area contributed by atoms with Gasteiger partial charge in [0.05, 0.1) is 0 Å². The Morgan fingerprint density at radius 1 is 1.88 bits per heavy atom. The van der Waals surface area contributed by atoms with Crippen molar-refractivity contribution >= 4 is 11.8 Å². The lowest BCUT2D eigenvalue weighted by Gasteiger charge is -2.15. The molecule has 1 unspecified atom stereocenters. The molecule has 1 nitrogen and oxygen atoms in total. The smallest absolute Gasteiger partial charge is 0.0266 e. The molecule has 0 aromatic carbocycles. The van der Waals surface area contributed by atoms with E-state index in [4.69, 9.17) is 5.73 Å². The Morgan fingerprint density at radius 2 is 2.62 bits per heavy atom. The van der Waals surface area contributed by atoms with E-state index >= 15 is 0 Å². The maximum Gasteiger partial charge on any atom is 0.0266 e. The standard InChI is InChI=1S/C6H11NS/c1-5-4-8-3-2-6(5)7/h4,6H,2-3,7H2,1H3. The van der Waals surface area contributed by atoms with Crippen LogP contribution in [0.1, 0.15) is 13.3 Å². The lowest BCUT2D eigenvalue weighted by Crippen LogP contribution is -2.23. The minimum absolute atomic E-state index is 0.344. The Morgan fingerprint density at radius 3 is 3.00 bits per heavy atom. The molecular formula is C6H11NS. The molecule has 0 aromatic heterocycles. The molecule has 2 heteroatoms. The molecule has 0 saturated heterocycles.